The fraction of sp³-hybridized carbons (Fsp3) is 0.0500. The van der Waals surface area contributed by atoms with Gasteiger partial charge < -0.3 is 15.4 Å². The van der Waals surface area contributed by atoms with Crippen molar-refractivity contribution in [2.75, 3.05) is 10.6 Å². The lowest BCUT2D eigenvalue weighted by Gasteiger charge is -2.14. The highest BCUT2D eigenvalue weighted by Crippen LogP contribution is 2.32. The number of nitro groups is 1. The highest BCUT2D eigenvalue weighted by atomic mass is 35.5. The predicted octanol–water partition coefficient (Wildman–Crippen LogP) is 6.87. The minimum atomic E-state index is -4.50. The molecule has 0 fully saturated rings. The Bertz CT molecular complexity index is 1120. The van der Waals surface area contributed by atoms with Crippen molar-refractivity contribution in [2.45, 2.75) is 6.18 Å². The van der Waals surface area contributed by atoms with Crippen LogP contribution in [0.4, 0.5) is 30.2 Å². The molecule has 0 aliphatic rings. The summed E-state index contributed by atoms with van der Waals surface area (Å²) in [5, 5.41) is 17.0. The van der Waals surface area contributed by atoms with Crippen LogP contribution >= 0.6 is 23.8 Å². The third-order valence-electron chi connectivity index (χ3n) is 3.86. The lowest BCUT2D eigenvalue weighted by atomic mass is 10.2. The van der Waals surface area contributed by atoms with E-state index in [1.165, 1.54) is 30.3 Å². The smallest absolute Gasteiger partial charge is 0.416 e. The van der Waals surface area contributed by atoms with Crippen LogP contribution in [0.1, 0.15) is 5.56 Å². The second kappa shape index (κ2) is 9.19. The number of thiocarbonyl (C=S) groups is 1. The van der Waals surface area contributed by atoms with Crippen LogP contribution in [0.3, 0.4) is 0 Å². The largest absolute Gasteiger partial charge is 0.457 e. The Morgan fingerprint density at radius 2 is 1.65 bits per heavy atom. The second-order valence-corrected chi connectivity index (χ2v) is 7.03. The Balaban J connectivity index is 1.78. The Labute approximate surface area is 184 Å². The molecule has 0 radical (unpaired) electrons. The summed E-state index contributed by atoms with van der Waals surface area (Å²) in [5.74, 6) is 0.557. The van der Waals surface area contributed by atoms with E-state index in [4.69, 9.17) is 28.6 Å². The number of hydrogen-bond acceptors (Lipinski definition) is 4. The van der Waals surface area contributed by atoms with Crippen molar-refractivity contribution < 1.29 is 22.8 Å². The molecule has 11 heteroatoms. The number of nitrogens with one attached hydrogen (secondary N) is 2. The van der Waals surface area contributed by atoms with Gasteiger partial charge in [0, 0.05) is 22.8 Å². The molecule has 0 aliphatic heterocycles. The molecule has 0 amide bonds. The fourth-order valence-corrected chi connectivity index (χ4v) is 2.89. The Hall–Kier alpha value is -3.37. The molecule has 0 saturated carbocycles. The SMILES string of the molecule is O=[N+]([O-])c1cc(NC(=S)Nc2cccc(C(F)(F)F)c2)cc(Oc2ccc(Cl)cc2)c1. The van der Waals surface area contributed by atoms with Crippen molar-refractivity contribution >= 4 is 46.0 Å². The van der Waals surface area contributed by atoms with E-state index in [1.807, 2.05) is 0 Å². The maximum atomic E-state index is 12.9. The van der Waals surface area contributed by atoms with Crippen molar-refractivity contribution in [3.8, 4) is 11.5 Å². The van der Waals surface area contributed by atoms with Crippen LogP contribution in [0.5, 0.6) is 11.5 Å². The van der Waals surface area contributed by atoms with E-state index in [2.05, 4.69) is 10.6 Å². The first-order valence-electron chi connectivity index (χ1n) is 8.58. The molecule has 0 saturated heterocycles. The average Bonchev–Trinajstić information content (AvgIpc) is 2.69. The van der Waals surface area contributed by atoms with Crippen molar-refractivity contribution in [1.82, 2.24) is 0 Å². The van der Waals surface area contributed by atoms with E-state index in [-0.39, 0.29) is 27.9 Å². The molecule has 160 valence electrons. The molecule has 3 aromatic carbocycles. The summed E-state index contributed by atoms with van der Waals surface area (Å²) < 4.78 is 44.2. The molecule has 0 unspecified atom stereocenters. The van der Waals surface area contributed by atoms with Crippen molar-refractivity contribution in [1.29, 1.82) is 0 Å². The minimum Gasteiger partial charge on any atom is -0.457 e. The molecular formula is C20H13ClF3N3O3S. The minimum absolute atomic E-state index is 0.0581. The van der Waals surface area contributed by atoms with Crippen LogP contribution in [-0.2, 0) is 6.18 Å². The zero-order chi connectivity index (χ0) is 22.6. The van der Waals surface area contributed by atoms with Crippen LogP contribution in [0.25, 0.3) is 0 Å². The highest BCUT2D eigenvalue weighted by Gasteiger charge is 2.30. The average molecular weight is 468 g/mol. The first-order chi connectivity index (χ1) is 14.6. The number of alkyl halides is 3. The number of anilines is 2. The van der Waals surface area contributed by atoms with Crippen molar-refractivity contribution in [2.24, 2.45) is 0 Å². The Kier molecular flexibility index (Phi) is 6.62. The molecule has 0 aliphatic carbocycles. The lowest BCUT2D eigenvalue weighted by Crippen LogP contribution is -2.19. The van der Waals surface area contributed by atoms with Gasteiger partial charge in [0.25, 0.3) is 5.69 Å². The first-order valence-corrected chi connectivity index (χ1v) is 9.37. The third kappa shape index (κ3) is 6.30. The van der Waals surface area contributed by atoms with Crippen LogP contribution in [0, 0.1) is 10.1 Å². The number of rotatable bonds is 5. The first kappa shape index (κ1) is 22.3. The summed E-state index contributed by atoms with van der Waals surface area (Å²) in [6, 6.07) is 14.8. The molecule has 31 heavy (non-hydrogen) atoms. The lowest BCUT2D eigenvalue weighted by molar-refractivity contribution is -0.384. The van der Waals surface area contributed by atoms with Gasteiger partial charge in [-0.3, -0.25) is 10.1 Å². The van der Waals surface area contributed by atoms with Crippen LogP contribution in [-0.4, -0.2) is 10.0 Å². The van der Waals surface area contributed by atoms with Gasteiger partial charge in [0.05, 0.1) is 22.2 Å². The molecule has 2 N–H and O–H groups in total. The van der Waals surface area contributed by atoms with Crippen LogP contribution in [0.2, 0.25) is 5.02 Å². The number of ether oxygens (including phenoxy) is 1. The summed E-state index contributed by atoms with van der Waals surface area (Å²) in [7, 11) is 0. The third-order valence-corrected chi connectivity index (χ3v) is 4.31. The standard InChI is InChI=1S/C20H13ClF3N3O3S/c21-13-4-6-17(7-5-13)30-18-10-15(9-16(11-18)27(28)29)26-19(31)25-14-3-1-2-12(8-14)20(22,23)24/h1-11H,(H2,25,26,31). The zero-order valence-corrected chi connectivity index (χ0v) is 17.0. The molecule has 0 spiro atoms. The monoisotopic (exact) mass is 467 g/mol. The second-order valence-electron chi connectivity index (χ2n) is 6.19. The number of halogens is 4. The van der Waals surface area contributed by atoms with Gasteiger partial charge >= 0.3 is 6.18 Å². The Morgan fingerprint density at radius 1 is 0.968 bits per heavy atom. The van der Waals surface area contributed by atoms with E-state index in [0.717, 1.165) is 12.1 Å². The van der Waals surface area contributed by atoms with Crippen LogP contribution < -0.4 is 15.4 Å². The van der Waals surface area contributed by atoms with Gasteiger partial charge in [0.1, 0.15) is 11.5 Å². The molecule has 3 rings (SSSR count). The summed E-state index contributed by atoms with van der Waals surface area (Å²) in [4.78, 5) is 10.7. The number of nitrogens with zero attached hydrogens (tertiary/aromatic N) is 1. The fourth-order valence-electron chi connectivity index (χ4n) is 2.53. The highest BCUT2D eigenvalue weighted by molar-refractivity contribution is 7.80. The van der Waals surface area contributed by atoms with Gasteiger partial charge in [-0.15, -0.1) is 0 Å². The normalized spacial score (nSPS) is 11.0. The molecule has 0 heterocycles. The van der Waals surface area contributed by atoms with Gasteiger partial charge in [0.2, 0.25) is 0 Å². The van der Waals surface area contributed by atoms with Gasteiger partial charge in [-0.25, -0.2) is 0 Å². The number of non-ortho nitro benzene ring substituents is 1. The molecule has 0 atom stereocenters. The van der Waals surface area contributed by atoms with Gasteiger partial charge in [0.15, 0.2) is 5.11 Å². The molecular weight excluding hydrogens is 455 g/mol. The van der Waals surface area contributed by atoms with E-state index < -0.39 is 16.7 Å². The maximum absolute atomic E-state index is 12.9. The topological polar surface area (TPSA) is 76.4 Å². The van der Waals surface area contributed by atoms with E-state index in [9.17, 15) is 23.3 Å². The van der Waals surface area contributed by atoms with E-state index in [0.29, 0.717) is 10.8 Å². The van der Waals surface area contributed by atoms with Gasteiger partial charge in [-0.2, -0.15) is 13.2 Å². The molecule has 6 nitrogen and oxygen atoms in total. The summed E-state index contributed by atoms with van der Waals surface area (Å²) in [6.07, 6.45) is -4.50. The number of benzene rings is 3. The molecule has 0 bridgehead atoms. The number of hydrogen-bond donors (Lipinski definition) is 2. The van der Waals surface area contributed by atoms with Gasteiger partial charge in [-0.05, 0) is 54.7 Å². The van der Waals surface area contributed by atoms with Crippen molar-refractivity contribution in [3.05, 3.63) is 87.4 Å². The summed E-state index contributed by atoms with van der Waals surface area (Å²) in [6.45, 7) is 0. The maximum Gasteiger partial charge on any atom is 0.416 e. The van der Waals surface area contributed by atoms with Crippen LogP contribution in [0.15, 0.2) is 66.7 Å². The quantitative estimate of drug-likeness (QED) is 0.242. The molecule has 0 aromatic heterocycles. The summed E-state index contributed by atoms with van der Waals surface area (Å²) >= 11 is 10.9. The number of nitro benzene ring substituents is 1. The van der Waals surface area contributed by atoms with E-state index >= 15 is 0 Å². The van der Waals surface area contributed by atoms with Crippen molar-refractivity contribution in [3.63, 3.8) is 0 Å². The predicted molar refractivity (Wildman–Crippen MR) is 116 cm³/mol. The zero-order valence-electron chi connectivity index (χ0n) is 15.4. The Morgan fingerprint density at radius 3 is 2.29 bits per heavy atom. The van der Waals surface area contributed by atoms with Gasteiger partial charge in [-0.1, -0.05) is 17.7 Å². The molecule has 3 aromatic rings. The van der Waals surface area contributed by atoms with E-state index in [1.54, 1.807) is 24.3 Å². The summed E-state index contributed by atoms with van der Waals surface area (Å²) in [5.41, 5.74) is -0.789.